The quantitative estimate of drug-likeness (QED) is 0.550. The summed E-state index contributed by atoms with van der Waals surface area (Å²) in [6.07, 6.45) is 7.55. The highest BCUT2D eigenvalue weighted by Crippen LogP contribution is 2.43. The second-order valence-corrected chi connectivity index (χ2v) is 8.93. The van der Waals surface area contributed by atoms with Gasteiger partial charge in [0, 0.05) is 17.9 Å². The molecule has 1 aromatic carbocycles. The van der Waals surface area contributed by atoms with Crippen molar-refractivity contribution >= 4 is 33.7 Å². The zero-order valence-electron chi connectivity index (χ0n) is 15.7. The summed E-state index contributed by atoms with van der Waals surface area (Å²) < 4.78 is 1.23. The molecule has 0 radical (unpaired) electrons. The third-order valence-electron chi connectivity index (χ3n) is 5.47. The number of nitrogens with zero attached hydrogens (tertiary/aromatic N) is 1. The Morgan fingerprint density at radius 2 is 2.15 bits per heavy atom. The molecule has 26 heavy (non-hydrogen) atoms. The highest BCUT2D eigenvalue weighted by Gasteiger charge is 2.41. The van der Waals surface area contributed by atoms with Gasteiger partial charge in [0.05, 0.1) is 15.2 Å². The van der Waals surface area contributed by atoms with Crippen molar-refractivity contribution in [2.75, 3.05) is 6.54 Å². The molecule has 4 nitrogen and oxygen atoms in total. The minimum atomic E-state index is -0.320. The highest BCUT2D eigenvalue weighted by molar-refractivity contribution is 7.18. The van der Waals surface area contributed by atoms with Crippen LogP contribution >= 0.6 is 11.3 Å². The Morgan fingerprint density at radius 1 is 1.38 bits per heavy atom. The molecule has 5 heteroatoms. The molecule has 0 unspecified atom stereocenters. The number of benzene rings is 1. The van der Waals surface area contributed by atoms with E-state index in [1.54, 1.807) is 11.3 Å². The summed E-state index contributed by atoms with van der Waals surface area (Å²) in [7, 11) is 0. The summed E-state index contributed by atoms with van der Waals surface area (Å²) in [6, 6.07) is 6.43. The summed E-state index contributed by atoms with van der Waals surface area (Å²) in [5.74, 6) is 0.102. The van der Waals surface area contributed by atoms with E-state index in [4.69, 9.17) is 0 Å². The molecule has 1 atom stereocenters. The van der Waals surface area contributed by atoms with Crippen LogP contribution in [0.25, 0.3) is 10.2 Å². The van der Waals surface area contributed by atoms with E-state index in [9.17, 15) is 9.59 Å². The van der Waals surface area contributed by atoms with Crippen molar-refractivity contribution in [2.24, 2.45) is 11.3 Å². The molecule has 3 rings (SSSR count). The van der Waals surface area contributed by atoms with E-state index in [0.717, 1.165) is 55.3 Å². The van der Waals surface area contributed by atoms with Crippen LogP contribution in [0.15, 0.2) is 18.2 Å². The molecule has 1 amide bonds. The Labute approximate surface area is 159 Å². The fourth-order valence-corrected chi connectivity index (χ4v) is 5.05. The summed E-state index contributed by atoms with van der Waals surface area (Å²) in [5, 5.41) is 4.24. The molecule has 1 heterocycles. The number of aryl methyl sites for hydroxylation is 2. The molecule has 1 aromatic heterocycles. The van der Waals surface area contributed by atoms with E-state index in [-0.39, 0.29) is 17.2 Å². The maximum absolute atomic E-state index is 12.8. The van der Waals surface area contributed by atoms with E-state index in [1.807, 2.05) is 13.8 Å². The monoisotopic (exact) mass is 372 g/mol. The third-order valence-corrected chi connectivity index (χ3v) is 6.41. The summed E-state index contributed by atoms with van der Waals surface area (Å²) in [5.41, 5.74) is 2.04. The first-order valence-electron chi connectivity index (χ1n) is 9.62. The Morgan fingerprint density at radius 3 is 2.88 bits per heavy atom. The fourth-order valence-electron chi connectivity index (χ4n) is 4.16. The maximum Gasteiger partial charge on any atom is 0.226 e. The molecule has 2 aromatic rings. The average molecular weight is 373 g/mol. The standard InChI is InChI=1S/C21H28N2O2S/c1-15(14-24)13-21(9-3-4-10-21)20(25)22-11-5-6-17-7-8-18-19(12-17)26-16(2)23-18/h7-8,12,14-15H,3-6,9-11,13H2,1-2H3,(H,22,25)/t15-/m1/s1. The van der Waals surface area contributed by atoms with Gasteiger partial charge in [0.25, 0.3) is 0 Å². The van der Waals surface area contributed by atoms with Crippen LogP contribution in [0.3, 0.4) is 0 Å². The van der Waals surface area contributed by atoms with Crippen molar-refractivity contribution in [1.29, 1.82) is 0 Å². The molecule has 1 aliphatic carbocycles. The SMILES string of the molecule is Cc1nc2ccc(CCCNC(=O)C3(C[C@@H](C)C=O)CCCC3)cc2s1. The van der Waals surface area contributed by atoms with E-state index >= 15 is 0 Å². The summed E-state index contributed by atoms with van der Waals surface area (Å²) in [4.78, 5) is 28.3. The molecule has 0 aliphatic heterocycles. The van der Waals surface area contributed by atoms with Gasteiger partial charge in [0.2, 0.25) is 5.91 Å². The minimum absolute atomic E-state index is 0.0477. The normalized spacial score (nSPS) is 17.3. The lowest BCUT2D eigenvalue weighted by Crippen LogP contribution is -2.41. The molecule has 0 bridgehead atoms. The van der Waals surface area contributed by atoms with E-state index in [1.165, 1.54) is 10.3 Å². The number of amides is 1. The summed E-state index contributed by atoms with van der Waals surface area (Å²) >= 11 is 1.73. The smallest absolute Gasteiger partial charge is 0.226 e. The van der Waals surface area contributed by atoms with Crippen molar-refractivity contribution in [3.05, 3.63) is 28.8 Å². The van der Waals surface area contributed by atoms with Crippen LogP contribution in [0, 0.1) is 18.3 Å². The Kier molecular flexibility index (Phi) is 6.07. The highest BCUT2D eigenvalue weighted by atomic mass is 32.1. The third kappa shape index (κ3) is 4.32. The number of rotatable bonds is 8. The van der Waals surface area contributed by atoms with Crippen LogP contribution < -0.4 is 5.32 Å². The fraction of sp³-hybridized carbons (Fsp3) is 0.571. The van der Waals surface area contributed by atoms with Crippen molar-refractivity contribution in [1.82, 2.24) is 10.3 Å². The van der Waals surface area contributed by atoms with Crippen molar-refractivity contribution in [3.63, 3.8) is 0 Å². The number of thiazole rings is 1. The largest absolute Gasteiger partial charge is 0.356 e. The molecular formula is C21H28N2O2S. The van der Waals surface area contributed by atoms with Gasteiger partial charge >= 0.3 is 0 Å². The van der Waals surface area contributed by atoms with Crippen LogP contribution in [-0.4, -0.2) is 23.7 Å². The Hall–Kier alpha value is -1.75. The van der Waals surface area contributed by atoms with Crippen molar-refractivity contribution in [2.45, 2.75) is 58.8 Å². The zero-order valence-corrected chi connectivity index (χ0v) is 16.5. The molecule has 1 saturated carbocycles. The van der Waals surface area contributed by atoms with Crippen molar-refractivity contribution < 1.29 is 9.59 Å². The first-order chi connectivity index (χ1) is 12.5. The predicted octanol–water partition coefficient (Wildman–Crippen LogP) is 4.44. The lowest BCUT2D eigenvalue weighted by molar-refractivity contribution is -0.132. The molecule has 1 aliphatic rings. The lowest BCUT2D eigenvalue weighted by Gasteiger charge is -2.29. The van der Waals surface area contributed by atoms with Gasteiger partial charge in [-0.05, 0) is 56.7 Å². The molecule has 1 N–H and O–H groups in total. The van der Waals surface area contributed by atoms with E-state index in [0.29, 0.717) is 13.0 Å². The van der Waals surface area contributed by atoms with Crippen LogP contribution in [0.4, 0.5) is 0 Å². The van der Waals surface area contributed by atoms with Crippen LogP contribution in [0.2, 0.25) is 0 Å². The number of aldehydes is 1. The molecule has 0 spiro atoms. The molecule has 1 fully saturated rings. The van der Waals surface area contributed by atoms with Gasteiger partial charge in [-0.25, -0.2) is 4.98 Å². The lowest BCUT2D eigenvalue weighted by atomic mass is 9.77. The van der Waals surface area contributed by atoms with E-state index in [2.05, 4.69) is 28.5 Å². The number of fused-ring (bicyclic) bond motifs is 1. The van der Waals surface area contributed by atoms with Crippen LogP contribution in [0.5, 0.6) is 0 Å². The zero-order chi connectivity index (χ0) is 18.6. The van der Waals surface area contributed by atoms with Gasteiger partial charge in [-0.2, -0.15) is 0 Å². The second kappa shape index (κ2) is 8.30. The number of carbonyl (C=O) groups excluding carboxylic acids is 2. The van der Waals surface area contributed by atoms with Crippen LogP contribution in [-0.2, 0) is 16.0 Å². The van der Waals surface area contributed by atoms with Gasteiger partial charge in [-0.15, -0.1) is 11.3 Å². The topological polar surface area (TPSA) is 59.1 Å². The molecule has 140 valence electrons. The Balaban J connectivity index is 1.51. The van der Waals surface area contributed by atoms with Crippen LogP contribution in [0.1, 0.15) is 56.0 Å². The first-order valence-corrected chi connectivity index (χ1v) is 10.4. The average Bonchev–Trinajstić information content (AvgIpc) is 3.24. The number of carbonyl (C=O) groups is 2. The number of aromatic nitrogens is 1. The second-order valence-electron chi connectivity index (χ2n) is 7.70. The Bertz CT molecular complexity index is 777. The first kappa shape index (κ1) is 19.0. The predicted molar refractivity (Wildman–Crippen MR) is 106 cm³/mol. The summed E-state index contributed by atoms with van der Waals surface area (Å²) in [6.45, 7) is 4.64. The van der Waals surface area contributed by atoms with Gasteiger partial charge in [0.1, 0.15) is 6.29 Å². The van der Waals surface area contributed by atoms with Crippen molar-refractivity contribution in [3.8, 4) is 0 Å². The van der Waals surface area contributed by atoms with Gasteiger partial charge in [-0.3, -0.25) is 4.79 Å². The number of hydrogen-bond acceptors (Lipinski definition) is 4. The molecule has 0 saturated heterocycles. The van der Waals surface area contributed by atoms with Gasteiger partial charge in [-0.1, -0.05) is 25.8 Å². The number of nitrogens with one attached hydrogen (secondary N) is 1. The maximum atomic E-state index is 12.8. The molecular weight excluding hydrogens is 344 g/mol. The van der Waals surface area contributed by atoms with E-state index < -0.39 is 0 Å². The van der Waals surface area contributed by atoms with Gasteiger partial charge in [0.15, 0.2) is 0 Å². The van der Waals surface area contributed by atoms with Gasteiger partial charge < -0.3 is 10.1 Å². The number of hydrogen-bond donors (Lipinski definition) is 1. The minimum Gasteiger partial charge on any atom is -0.356 e.